The van der Waals surface area contributed by atoms with E-state index in [1.165, 1.54) is 12.1 Å². The fourth-order valence-corrected chi connectivity index (χ4v) is 1.65. The predicted octanol–water partition coefficient (Wildman–Crippen LogP) is 3.02. The Morgan fingerprint density at radius 3 is 2.78 bits per heavy atom. The summed E-state index contributed by atoms with van der Waals surface area (Å²) in [5, 5.41) is 15.8. The number of rotatable bonds is 6. The molecule has 0 bridgehead atoms. The van der Waals surface area contributed by atoms with E-state index >= 15 is 0 Å². The zero-order valence-corrected chi connectivity index (χ0v) is 10.7. The molecule has 0 spiro atoms. The molecule has 0 amide bonds. The average molecular weight is 289 g/mol. The molecule has 96 valence electrons. The Hall–Kier alpha value is -1.46. The van der Waals surface area contributed by atoms with Gasteiger partial charge in [0.15, 0.2) is 0 Å². The molecule has 1 atom stereocenters. The van der Waals surface area contributed by atoms with Gasteiger partial charge in [-0.1, -0.05) is 34.4 Å². The Kier molecular flexibility index (Phi) is 5.74. The molecule has 2 N–H and O–H groups in total. The van der Waals surface area contributed by atoms with Gasteiger partial charge in [0.2, 0.25) is 0 Å². The van der Waals surface area contributed by atoms with Crippen LogP contribution in [0.3, 0.4) is 0 Å². The summed E-state index contributed by atoms with van der Waals surface area (Å²) < 4.78 is 0. The van der Waals surface area contributed by atoms with Crippen molar-refractivity contribution in [3.63, 3.8) is 0 Å². The highest BCUT2D eigenvalue weighted by Crippen LogP contribution is 2.25. The number of nitrogens with zero attached hydrogens (tertiary/aromatic N) is 3. The van der Waals surface area contributed by atoms with Crippen molar-refractivity contribution < 1.29 is 9.90 Å². The van der Waals surface area contributed by atoms with Gasteiger partial charge >= 0.3 is 5.97 Å². The summed E-state index contributed by atoms with van der Waals surface area (Å²) in [6.07, 6.45) is 0. The van der Waals surface area contributed by atoms with Crippen LogP contribution >= 0.6 is 23.2 Å². The molecule has 0 aliphatic heterocycles. The van der Waals surface area contributed by atoms with Gasteiger partial charge in [-0.25, -0.2) is 0 Å². The highest BCUT2D eigenvalue weighted by molar-refractivity contribution is 6.42. The molecule has 0 radical (unpaired) electrons. The number of benzene rings is 1. The topological polar surface area (TPSA) is 98.1 Å². The molecule has 8 heteroatoms. The Bertz CT molecular complexity index is 489. The lowest BCUT2D eigenvalue weighted by molar-refractivity contribution is -0.139. The standard InChI is InChI=1S/C10H10Cl2N4O2/c11-7-2-1-6(5-8(7)12)9(10(17)18)14-3-4-15-16-13/h1-2,5,9,14H,3-4H2,(H,17,18). The monoisotopic (exact) mass is 288 g/mol. The lowest BCUT2D eigenvalue weighted by Crippen LogP contribution is -2.30. The molecule has 1 aromatic carbocycles. The molecular weight excluding hydrogens is 279 g/mol. The first-order valence-corrected chi connectivity index (χ1v) is 5.74. The van der Waals surface area contributed by atoms with Crippen LogP contribution in [0.4, 0.5) is 0 Å². The minimum atomic E-state index is -1.05. The van der Waals surface area contributed by atoms with Crippen molar-refractivity contribution in [3.05, 3.63) is 44.3 Å². The largest absolute Gasteiger partial charge is 0.480 e. The van der Waals surface area contributed by atoms with Crippen molar-refractivity contribution in [1.29, 1.82) is 0 Å². The van der Waals surface area contributed by atoms with E-state index < -0.39 is 12.0 Å². The molecule has 0 aliphatic carbocycles. The summed E-state index contributed by atoms with van der Waals surface area (Å²) in [7, 11) is 0. The minimum absolute atomic E-state index is 0.168. The molecule has 1 aromatic rings. The van der Waals surface area contributed by atoms with Crippen LogP contribution in [0.15, 0.2) is 23.3 Å². The summed E-state index contributed by atoms with van der Waals surface area (Å²) in [6, 6.07) is 3.68. The predicted molar refractivity (Wildman–Crippen MR) is 68.9 cm³/mol. The summed E-state index contributed by atoms with van der Waals surface area (Å²) in [6.45, 7) is 0.420. The van der Waals surface area contributed by atoms with Crippen molar-refractivity contribution in [1.82, 2.24) is 5.32 Å². The number of aliphatic carboxylic acids is 1. The molecule has 1 unspecified atom stereocenters. The van der Waals surface area contributed by atoms with Crippen LogP contribution in [0.25, 0.3) is 10.4 Å². The fraction of sp³-hybridized carbons (Fsp3) is 0.300. The highest BCUT2D eigenvalue weighted by Gasteiger charge is 2.19. The van der Waals surface area contributed by atoms with Crippen LogP contribution < -0.4 is 5.32 Å². The van der Waals surface area contributed by atoms with Crippen LogP contribution in [-0.2, 0) is 4.79 Å². The maximum atomic E-state index is 11.1. The number of halogens is 2. The summed E-state index contributed by atoms with van der Waals surface area (Å²) in [4.78, 5) is 13.7. The Labute approximate surface area is 113 Å². The van der Waals surface area contributed by atoms with Gasteiger partial charge in [-0.3, -0.25) is 4.79 Å². The van der Waals surface area contributed by atoms with Crippen molar-refractivity contribution in [3.8, 4) is 0 Å². The first kappa shape index (κ1) is 14.6. The van der Waals surface area contributed by atoms with Crippen LogP contribution in [0.5, 0.6) is 0 Å². The Balaban J connectivity index is 2.80. The van der Waals surface area contributed by atoms with Crippen molar-refractivity contribution in [2.45, 2.75) is 6.04 Å². The molecule has 0 aromatic heterocycles. The van der Waals surface area contributed by atoms with Crippen LogP contribution in [0.1, 0.15) is 11.6 Å². The smallest absolute Gasteiger partial charge is 0.325 e. The number of hydrogen-bond acceptors (Lipinski definition) is 3. The second-order valence-corrected chi connectivity index (χ2v) is 4.17. The van der Waals surface area contributed by atoms with E-state index in [-0.39, 0.29) is 18.1 Å². The van der Waals surface area contributed by atoms with E-state index in [1.807, 2.05) is 0 Å². The molecule has 0 fully saturated rings. The van der Waals surface area contributed by atoms with E-state index in [9.17, 15) is 4.79 Å². The van der Waals surface area contributed by atoms with Crippen molar-refractivity contribution in [2.75, 3.05) is 13.1 Å². The van der Waals surface area contributed by atoms with Gasteiger partial charge < -0.3 is 10.4 Å². The van der Waals surface area contributed by atoms with Gasteiger partial charge in [0, 0.05) is 18.0 Å². The number of azide groups is 1. The normalized spacial score (nSPS) is 11.7. The highest BCUT2D eigenvalue weighted by atomic mass is 35.5. The van der Waals surface area contributed by atoms with Crippen molar-refractivity contribution in [2.24, 2.45) is 5.11 Å². The van der Waals surface area contributed by atoms with Crippen LogP contribution in [0.2, 0.25) is 10.0 Å². The second kappa shape index (κ2) is 7.08. The van der Waals surface area contributed by atoms with Gasteiger partial charge in [-0.05, 0) is 23.2 Å². The van der Waals surface area contributed by atoms with E-state index in [2.05, 4.69) is 15.3 Å². The van der Waals surface area contributed by atoms with E-state index in [0.717, 1.165) is 0 Å². The lowest BCUT2D eigenvalue weighted by atomic mass is 10.1. The number of carboxylic acid groups (broad SMARTS) is 1. The second-order valence-electron chi connectivity index (χ2n) is 3.35. The van der Waals surface area contributed by atoms with E-state index in [0.29, 0.717) is 10.6 Å². The molecule has 6 nitrogen and oxygen atoms in total. The zero-order chi connectivity index (χ0) is 13.5. The zero-order valence-electron chi connectivity index (χ0n) is 9.18. The van der Waals surface area contributed by atoms with E-state index in [1.54, 1.807) is 6.07 Å². The van der Waals surface area contributed by atoms with Gasteiger partial charge in [0.05, 0.1) is 10.0 Å². The first-order chi connectivity index (χ1) is 8.56. The molecule has 0 saturated heterocycles. The molecule has 0 saturated carbocycles. The number of carbonyl (C=O) groups is 1. The number of nitrogens with one attached hydrogen (secondary N) is 1. The van der Waals surface area contributed by atoms with Gasteiger partial charge in [0.25, 0.3) is 0 Å². The minimum Gasteiger partial charge on any atom is -0.480 e. The third kappa shape index (κ3) is 4.09. The first-order valence-electron chi connectivity index (χ1n) is 4.98. The molecule has 0 aliphatic rings. The van der Waals surface area contributed by atoms with Crippen LogP contribution in [-0.4, -0.2) is 24.2 Å². The SMILES string of the molecule is [N-]=[N+]=NCCNC(C(=O)O)c1ccc(Cl)c(Cl)c1. The number of carboxylic acids is 1. The maximum Gasteiger partial charge on any atom is 0.325 e. The molecule has 0 heterocycles. The van der Waals surface area contributed by atoms with E-state index in [4.69, 9.17) is 33.8 Å². The maximum absolute atomic E-state index is 11.1. The molecule has 18 heavy (non-hydrogen) atoms. The van der Waals surface area contributed by atoms with Crippen LogP contribution in [0, 0.1) is 0 Å². The average Bonchev–Trinajstić information content (AvgIpc) is 2.32. The lowest BCUT2D eigenvalue weighted by Gasteiger charge is -2.14. The summed E-state index contributed by atoms with van der Waals surface area (Å²) in [5.41, 5.74) is 8.59. The summed E-state index contributed by atoms with van der Waals surface area (Å²) >= 11 is 11.6. The summed E-state index contributed by atoms with van der Waals surface area (Å²) in [5.74, 6) is -1.05. The van der Waals surface area contributed by atoms with Gasteiger partial charge in [-0.15, -0.1) is 0 Å². The molecular formula is C10H10Cl2N4O2. The van der Waals surface area contributed by atoms with Gasteiger partial charge in [0.1, 0.15) is 6.04 Å². The van der Waals surface area contributed by atoms with Crippen molar-refractivity contribution >= 4 is 29.2 Å². The Morgan fingerprint density at radius 1 is 1.50 bits per heavy atom. The quantitative estimate of drug-likeness (QED) is 0.364. The molecule has 1 rings (SSSR count). The Morgan fingerprint density at radius 2 is 2.22 bits per heavy atom. The third-order valence-corrected chi connectivity index (χ3v) is 2.89. The number of hydrogen-bond donors (Lipinski definition) is 2. The third-order valence-electron chi connectivity index (χ3n) is 2.15. The van der Waals surface area contributed by atoms with Gasteiger partial charge in [-0.2, -0.15) is 0 Å². The fourth-order valence-electron chi connectivity index (χ4n) is 1.34.